The number of rotatable bonds is 2. The van der Waals surface area contributed by atoms with Gasteiger partial charge in [-0.3, -0.25) is 4.90 Å². The summed E-state index contributed by atoms with van der Waals surface area (Å²) in [6.07, 6.45) is 5.94. The van der Waals surface area contributed by atoms with Gasteiger partial charge in [-0.15, -0.1) is 0 Å². The number of aliphatic hydroxyl groups excluding tert-OH is 1. The lowest BCUT2D eigenvalue weighted by molar-refractivity contribution is 0.0356. The maximum atomic E-state index is 9.55. The summed E-state index contributed by atoms with van der Waals surface area (Å²) in [6, 6.07) is 1.41. The zero-order chi connectivity index (χ0) is 8.55. The third-order valence-corrected chi connectivity index (χ3v) is 3.34. The molecule has 2 heteroatoms. The number of hydrogen-bond acceptors (Lipinski definition) is 2. The van der Waals surface area contributed by atoms with Gasteiger partial charge in [0, 0.05) is 12.1 Å². The molecule has 0 aromatic rings. The van der Waals surface area contributed by atoms with Crippen molar-refractivity contribution in [2.45, 2.75) is 57.2 Å². The van der Waals surface area contributed by atoms with Gasteiger partial charge < -0.3 is 5.11 Å². The second-order valence-corrected chi connectivity index (χ2v) is 4.25. The number of aliphatic hydroxyl groups is 1. The largest absolute Gasteiger partial charge is 0.393 e. The normalized spacial score (nSPS) is 42.0. The summed E-state index contributed by atoms with van der Waals surface area (Å²) < 4.78 is 0. The van der Waals surface area contributed by atoms with Crippen molar-refractivity contribution in [3.05, 3.63) is 0 Å². The molecule has 2 fully saturated rings. The third-order valence-electron chi connectivity index (χ3n) is 3.34. The van der Waals surface area contributed by atoms with Gasteiger partial charge in [0.1, 0.15) is 0 Å². The molecule has 0 aromatic carbocycles. The lowest BCUT2D eigenvalue weighted by Crippen LogP contribution is -2.44. The first-order valence-corrected chi connectivity index (χ1v) is 5.25. The van der Waals surface area contributed by atoms with E-state index in [1.54, 1.807) is 0 Å². The molecular formula is C10H19NO. The molecule has 0 saturated carbocycles. The SMILES string of the molecule is CCCN1C2CCC1CC(O)C2. The number of fused-ring (bicyclic) bond motifs is 2. The van der Waals surface area contributed by atoms with Crippen molar-refractivity contribution in [2.24, 2.45) is 0 Å². The standard InChI is InChI=1S/C10H19NO/c1-2-5-11-8-3-4-9(11)7-10(12)6-8/h8-10,12H,2-7H2,1H3. The Morgan fingerprint density at radius 2 is 1.83 bits per heavy atom. The molecule has 70 valence electrons. The summed E-state index contributed by atoms with van der Waals surface area (Å²) in [5, 5.41) is 9.55. The van der Waals surface area contributed by atoms with Crippen LogP contribution in [0, 0.1) is 0 Å². The second-order valence-electron chi connectivity index (χ2n) is 4.25. The van der Waals surface area contributed by atoms with Crippen LogP contribution >= 0.6 is 0 Å². The van der Waals surface area contributed by atoms with Gasteiger partial charge in [-0.1, -0.05) is 6.92 Å². The molecule has 12 heavy (non-hydrogen) atoms. The van der Waals surface area contributed by atoms with Gasteiger partial charge in [0.25, 0.3) is 0 Å². The van der Waals surface area contributed by atoms with Gasteiger partial charge in [-0.05, 0) is 38.6 Å². The van der Waals surface area contributed by atoms with Gasteiger partial charge in [0.15, 0.2) is 0 Å². The minimum absolute atomic E-state index is 0.00407. The van der Waals surface area contributed by atoms with Gasteiger partial charge in [0.2, 0.25) is 0 Å². The van der Waals surface area contributed by atoms with E-state index in [1.165, 1.54) is 25.8 Å². The van der Waals surface area contributed by atoms with Crippen LogP contribution in [0.5, 0.6) is 0 Å². The van der Waals surface area contributed by atoms with Crippen molar-refractivity contribution in [2.75, 3.05) is 6.54 Å². The van der Waals surface area contributed by atoms with Crippen LogP contribution in [0.2, 0.25) is 0 Å². The Bertz CT molecular complexity index is 146. The molecule has 2 heterocycles. The Morgan fingerprint density at radius 3 is 2.33 bits per heavy atom. The summed E-state index contributed by atoms with van der Waals surface area (Å²) in [5.41, 5.74) is 0. The van der Waals surface area contributed by atoms with Crippen LogP contribution in [0.15, 0.2) is 0 Å². The molecular weight excluding hydrogens is 150 g/mol. The van der Waals surface area contributed by atoms with Gasteiger partial charge in [-0.2, -0.15) is 0 Å². The van der Waals surface area contributed by atoms with Crippen molar-refractivity contribution < 1.29 is 5.11 Å². The highest BCUT2D eigenvalue weighted by Crippen LogP contribution is 2.35. The molecule has 2 saturated heterocycles. The highest BCUT2D eigenvalue weighted by molar-refractivity contribution is 4.94. The van der Waals surface area contributed by atoms with E-state index in [2.05, 4.69) is 11.8 Å². The minimum Gasteiger partial charge on any atom is -0.393 e. The monoisotopic (exact) mass is 169 g/mol. The van der Waals surface area contributed by atoms with Crippen LogP contribution in [0.4, 0.5) is 0 Å². The summed E-state index contributed by atoms with van der Waals surface area (Å²) in [4.78, 5) is 2.62. The van der Waals surface area contributed by atoms with Crippen molar-refractivity contribution >= 4 is 0 Å². The summed E-state index contributed by atoms with van der Waals surface area (Å²) >= 11 is 0. The van der Waals surface area contributed by atoms with Crippen LogP contribution in [-0.4, -0.2) is 34.7 Å². The fourth-order valence-corrected chi connectivity index (χ4v) is 2.87. The van der Waals surface area contributed by atoms with E-state index in [0.29, 0.717) is 12.1 Å². The molecule has 1 N–H and O–H groups in total. The predicted molar refractivity (Wildman–Crippen MR) is 49.0 cm³/mol. The first-order valence-electron chi connectivity index (χ1n) is 5.25. The Hall–Kier alpha value is -0.0800. The fourth-order valence-electron chi connectivity index (χ4n) is 2.87. The lowest BCUT2D eigenvalue weighted by Gasteiger charge is -2.36. The van der Waals surface area contributed by atoms with Crippen molar-refractivity contribution in [1.29, 1.82) is 0 Å². The van der Waals surface area contributed by atoms with Gasteiger partial charge in [-0.25, -0.2) is 0 Å². The third kappa shape index (κ3) is 1.38. The molecule has 0 amide bonds. The Balaban J connectivity index is 1.99. The van der Waals surface area contributed by atoms with Crippen LogP contribution in [0.3, 0.4) is 0 Å². The molecule has 0 spiro atoms. The van der Waals surface area contributed by atoms with E-state index in [9.17, 15) is 5.11 Å². The zero-order valence-electron chi connectivity index (χ0n) is 7.87. The van der Waals surface area contributed by atoms with E-state index >= 15 is 0 Å². The Kier molecular flexibility index (Phi) is 2.37. The molecule has 0 radical (unpaired) electrons. The van der Waals surface area contributed by atoms with Crippen molar-refractivity contribution in [3.8, 4) is 0 Å². The van der Waals surface area contributed by atoms with E-state index < -0.39 is 0 Å². The second kappa shape index (κ2) is 3.35. The average molecular weight is 169 g/mol. The summed E-state index contributed by atoms with van der Waals surface area (Å²) in [5.74, 6) is 0. The Labute approximate surface area is 74.6 Å². The Morgan fingerprint density at radius 1 is 1.25 bits per heavy atom. The van der Waals surface area contributed by atoms with Crippen molar-refractivity contribution in [1.82, 2.24) is 4.90 Å². The first-order chi connectivity index (χ1) is 5.81. The molecule has 2 aliphatic heterocycles. The minimum atomic E-state index is -0.00407. The summed E-state index contributed by atoms with van der Waals surface area (Å²) in [7, 11) is 0. The summed E-state index contributed by atoms with van der Waals surface area (Å²) in [6.45, 7) is 3.48. The maximum Gasteiger partial charge on any atom is 0.0570 e. The zero-order valence-corrected chi connectivity index (χ0v) is 7.87. The van der Waals surface area contributed by atoms with Crippen LogP contribution in [0.1, 0.15) is 39.0 Å². The maximum absolute atomic E-state index is 9.55. The molecule has 2 nitrogen and oxygen atoms in total. The van der Waals surface area contributed by atoms with Crippen LogP contribution in [-0.2, 0) is 0 Å². The number of piperidine rings is 1. The average Bonchev–Trinajstić information content (AvgIpc) is 2.32. The molecule has 0 aromatic heterocycles. The van der Waals surface area contributed by atoms with Crippen LogP contribution in [0.25, 0.3) is 0 Å². The topological polar surface area (TPSA) is 23.5 Å². The fraction of sp³-hybridized carbons (Fsp3) is 1.00. The quantitative estimate of drug-likeness (QED) is 0.675. The molecule has 2 aliphatic rings. The van der Waals surface area contributed by atoms with Gasteiger partial charge >= 0.3 is 0 Å². The predicted octanol–water partition coefficient (Wildman–Crippen LogP) is 1.38. The van der Waals surface area contributed by atoms with E-state index in [1.807, 2.05) is 0 Å². The highest BCUT2D eigenvalue weighted by atomic mass is 16.3. The smallest absolute Gasteiger partial charge is 0.0570 e. The van der Waals surface area contributed by atoms with Gasteiger partial charge in [0.05, 0.1) is 6.10 Å². The molecule has 0 aliphatic carbocycles. The van der Waals surface area contributed by atoms with E-state index in [-0.39, 0.29) is 6.10 Å². The first kappa shape index (κ1) is 8.52. The van der Waals surface area contributed by atoms with E-state index in [4.69, 9.17) is 0 Å². The molecule has 2 rings (SSSR count). The molecule has 2 atom stereocenters. The van der Waals surface area contributed by atoms with Crippen LogP contribution < -0.4 is 0 Å². The highest BCUT2D eigenvalue weighted by Gasteiger charge is 2.39. The molecule has 2 unspecified atom stereocenters. The van der Waals surface area contributed by atoms with Crippen molar-refractivity contribution in [3.63, 3.8) is 0 Å². The number of hydrogen-bond donors (Lipinski definition) is 1. The molecule has 2 bridgehead atoms. The lowest BCUT2D eigenvalue weighted by atomic mass is 10.00. The van der Waals surface area contributed by atoms with E-state index in [0.717, 1.165) is 12.8 Å². The number of nitrogens with zero attached hydrogens (tertiary/aromatic N) is 1.